The van der Waals surface area contributed by atoms with Crippen molar-refractivity contribution in [2.24, 2.45) is 5.41 Å². The SMILES string of the molecule is Cc1cccc(F)c1N1CCNC(C(C)(C)C)C1. The molecule has 0 bridgehead atoms. The second kappa shape index (κ2) is 4.88. The summed E-state index contributed by atoms with van der Waals surface area (Å²) in [4.78, 5) is 2.18. The van der Waals surface area contributed by atoms with Crippen LogP contribution in [0.3, 0.4) is 0 Å². The Kier molecular flexibility index (Phi) is 3.62. The Hall–Kier alpha value is -1.09. The minimum Gasteiger partial charge on any atom is -0.366 e. The highest BCUT2D eigenvalue weighted by molar-refractivity contribution is 5.54. The van der Waals surface area contributed by atoms with Crippen LogP contribution in [0.15, 0.2) is 18.2 Å². The molecule has 1 atom stereocenters. The van der Waals surface area contributed by atoms with Crippen LogP contribution in [0.1, 0.15) is 26.3 Å². The number of anilines is 1. The predicted octanol–water partition coefficient (Wildman–Crippen LogP) is 2.96. The zero-order valence-electron chi connectivity index (χ0n) is 11.8. The number of nitrogens with zero attached hydrogens (tertiary/aromatic N) is 1. The number of hydrogen-bond donors (Lipinski definition) is 1. The predicted molar refractivity (Wildman–Crippen MR) is 74.6 cm³/mol. The van der Waals surface area contributed by atoms with Crippen molar-refractivity contribution >= 4 is 5.69 Å². The third kappa shape index (κ3) is 2.66. The van der Waals surface area contributed by atoms with Crippen LogP contribution >= 0.6 is 0 Å². The summed E-state index contributed by atoms with van der Waals surface area (Å²) in [6, 6.07) is 5.70. The quantitative estimate of drug-likeness (QED) is 0.824. The van der Waals surface area contributed by atoms with Crippen molar-refractivity contribution in [1.82, 2.24) is 5.32 Å². The van der Waals surface area contributed by atoms with Crippen LogP contribution in [-0.4, -0.2) is 25.7 Å². The molecule has 0 aliphatic carbocycles. The molecule has 2 nitrogen and oxygen atoms in total. The number of piperazine rings is 1. The maximum atomic E-state index is 14.0. The molecule has 18 heavy (non-hydrogen) atoms. The van der Waals surface area contributed by atoms with Gasteiger partial charge >= 0.3 is 0 Å². The van der Waals surface area contributed by atoms with Crippen molar-refractivity contribution < 1.29 is 4.39 Å². The van der Waals surface area contributed by atoms with Gasteiger partial charge in [-0.25, -0.2) is 4.39 Å². The Morgan fingerprint density at radius 2 is 2.06 bits per heavy atom. The molecule has 0 amide bonds. The highest BCUT2D eigenvalue weighted by Gasteiger charge is 2.30. The summed E-state index contributed by atoms with van der Waals surface area (Å²) in [5.74, 6) is -0.107. The smallest absolute Gasteiger partial charge is 0.146 e. The van der Waals surface area contributed by atoms with Gasteiger partial charge in [-0.05, 0) is 24.0 Å². The lowest BCUT2D eigenvalue weighted by molar-refractivity contribution is 0.253. The van der Waals surface area contributed by atoms with Gasteiger partial charge in [-0.1, -0.05) is 32.9 Å². The summed E-state index contributed by atoms with van der Waals surface area (Å²) in [5.41, 5.74) is 1.98. The van der Waals surface area contributed by atoms with Gasteiger partial charge in [-0.2, -0.15) is 0 Å². The fraction of sp³-hybridized carbons (Fsp3) is 0.600. The second-order valence-electron chi connectivity index (χ2n) is 6.22. The number of benzene rings is 1. The maximum Gasteiger partial charge on any atom is 0.146 e. The molecule has 1 N–H and O–H groups in total. The van der Waals surface area contributed by atoms with Crippen LogP contribution in [-0.2, 0) is 0 Å². The van der Waals surface area contributed by atoms with Gasteiger partial charge in [0, 0.05) is 25.7 Å². The van der Waals surface area contributed by atoms with Crippen LogP contribution in [0, 0.1) is 18.2 Å². The van der Waals surface area contributed by atoms with E-state index < -0.39 is 0 Å². The first-order valence-electron chi connectivity index (χ1n) is 6.63. The van der Waals surface area contributed by atoms with Crippen LogP contribution < -0.4 is 10.2 Å². The summed E-state index contributed by atoms with van der Waals surface area (Å²) in [5, 5.41) is 3.53. The lowest BCUT2D eigenvalue weighted by atomic mass is 9.85. The van der Waals surface area contributed by atoms with Crippen LogP contribution in [0.2, 0.25) is 0 Å². The Morgan fingerprint density at radius 3 is 2.67 bits per heavy atom. The van der Waals surface area contributed by atoms with E-state index in [4.69, 9.17) is 0 Å². The molecule has 0 radical (unpaired) electrons. The van der Waals surface area contributed by atoms with Crippen LogP contribution in [0.25, 0.3) is 0 Å². The van der Waals surface area contributed by atoms with Crippen molar-refractivity contribution in [1.29, 1.82) is 0 Å². The van der Waals surface area contributed by atoms with Crippen molar-refractivity contribution in [3.05, 3.63) is 29.6 Å². The Morgan fingerprint density at radius 1 is 1.33 bits per heavy atom. The molecule has 1 aromatic rings. The molecule has 1 fully saturated rings. The van der Waals surface area contributed by atoms with E-state index in [1.54, 1.807) is 12.1 Å². The number of halogens is 1. The fourth-order valence-electron chi connectivity index (χ4n) is 2.56. The topological polar surface area (TPSA) is 15.3 Å². The Labute approximate surface area is 109 Å². The van der Waals surface area contributed by atoms with E-state index >= 15 is 0 Å². The largest absolute Gasteiger partial charge is 0.366 e. The number of hydrogen-bond acceptors (Lipinski definition) is 2. The van der Waals surface area contributed by atoms with Gasteiger partial charge in [0.1, 0.15) is 5.82 Å². The third-order valence-corrected chi connectivity index (χ3v) is 3.73. The van der Waals surface area contributed by atoms with Crippen molar-refractivity contribution in [3.63, 3.8) is 0 Å². The highest BCUT2D eigenvalue weighted by Crippen LogP contribution is 2.28. The lowest BCUT2D eigenvalue weighted by Crippen LogP contribution is -2.56. The summed E-state index contributed by atoms with van der Waals surface area (Å²) >= 11 is 0. The van der Waals surface area contributed by atoms with E-state index in [1.165, 1.54) is 0 Å². The standard InChI is InChI=1S/C15H23FN2/c1-11-6-5-7-12(16)14(11)18-9-8-17-13(10-18)15(2,3)4/h5-7,13,17H,8-10H2,1-4H3. The molecule has 1 aromatic carbocycles. The van der Waals surface area contributed by atoms with Gasteiger partial charge in [0.15, 0.2) is 0 Å². The first kappa shape index (κ1) is 13.3. The highest BCUT2D eigenvalue weighted by atomic mass is 19.1. The van der Waals surface area contributed by atoms with Crippen molar-refractivity contribution in [3.8, 4) is 0 Å². The van der Waals surface area contributed by atoms with Crippen LogP contribution in [0.4, 0.5) is 10.1 Å². The summed E-state index contributed by atoms with van der Waals surface area (Å²) in [6.45, 7) is 11.3. The molecule has 2 rings (SSSR count). The summed E-state index contributed by atoms with van der Waals surface area (Å²) < 4.78 is 14.0. The molecule has 0 aromatic heterocycles. The second-order valence-corrected chi connectivity index (χ2v) is 6.22. The van der Waals surface area contributed by atoms with Gasteiger partial charge in [-0.15, -0.1) is 0 Å². The molecule has 1 saturated heterocycles. The molecule has 100 valence electrons. The van der Waals surface area contributed by atoms with E-state index in [0.29, 0.717) is 6.04 Å². The lowest BCUT2D eigenvalue weighted by Gasteiger charge is -2.42. The molecular weight excluding hydrogens is 227 g/mol. The minimum atomic E-state index is -0.107. The number of para-hydroxylation sites is 1. The monoisotopic (exact) mass is 250 g/mol. The molecule has 1 aliphatic heterocycles. The normalized spacial score (nSPS) is 21.2. The molecule has 1 unspecified atom stereocenters. The summed E-state index contributed by atoms with van der Waals surface area (Å²) in [6.07, 6.45) is 0. The van der Waals surface area contributed by atoms with E-state index in [9.17, 15) is 4.39 Å². The number of nitrogens with one attached hydrogen (secondary N) is 1. The number of rotatable bonds is 1. The van der Waals surface area contributed by atoms with E-state index in [-0.39, 0.29) is 11.2 Å². The summed E-state index contributed by atoms with van der Waals surface area (Å²) in [7, 11) is 0. The Balaban J connectivity index is 2.24. The van der Waals surface area contributed by atoms with Crippen molar-refractivity contribution in [2.45, 2.75) is 33.7 Å². The fourth-order valence-corrected chi connectivity index (χ4v) is 2.56. The minimum absolute atomic E-state index is 0.107. The van der Waals surface area contributed by atoms with Gasteiger partial charge in [0.25, 0.3) is 0 Å². The zero-order valence-corrected chi connectivity index (χ0v) is 11.8. The molecule has 1 heterocycles. The first-order chi connectivity index (χ1) is 8.39. The van der Waals surface area contributed by atoms with Gasteiger partial charge < -0.3 is 10.2 Å². The number of aryl methyl sites for hydroxylation is 1. The Bertz CT molecular complexity index is 403. The van der Waals surface area contributed by atoms with Gasteiger partial charge in [0.2, 0.25) is 0 Å². The van der Waals surface area contributed by atoms with Gasteiger partial charge in [-0.3, -0.25) is 0 Å². The average Bonchev–Trinajstić information content (AvgIpc) is 2.28. The zero-order chi connectivity index (χ0) is 13.3. The molecule has 3 heteroatoms. The van der Waals surface area contributed by atoms with E-state index in [1.807, 2.05) is 13.0 Å². The van der Waals surface area contributed by atoms with Crippen LogP contribution in [0.5, 0.6) is 0 Å². The molecule has 0 saturated carbocycles. The van der Waals surface area contributed by atoms with E-state index in [0.717, 1.165) is 30.9 Å². The first-order valence-corrected chi connectivity index (χ1v) is 6.63. The third-order valence-electron chi connectivity index (χ3n) is 3.73. The molecular formula is C15H23FN2. The molecule has 0 spiro atoms. The van der Waals surface area contributed by atoms with Crippen molar-refractivity contribution in [2.75, 3.05) is 24.5 Å². The average molecular weight is 250 g/mol. The maximum absolute atomic E-state index is 14.0. The van der Waals surface area contributed by atoms with E-state index in [2.05, 4.69) is 31.0 Å². The molecule has 1 aliphatic rings. The van der Waals surface area contributed by atoms with Gasteiger partial charge in [0.05, 0.1) is 5.69 Å².